The minimum atomic E-state index is -0.227. The SMILES string of the molecule is CCC(O)C(C)CCOc1ccc(OC)cc1. The van der Waals surface area contributed by atoms with E-state index in [4.69, 9.17) is 9.47 Å². The fraction of sp³-hybridized carbons (Fsp3) is 0.571. The number of ether oxygens (including phenoxy) is 2. The van der Waals surface area contributed by atoms with Gasteiger partial charge in [-0.1, -0.05) is 13.8 Å². The van der Waals surface area contributed by atoms with Crippen molar-refractivity contribution in [2.24, 2.45) is 5.92 Å². The van der Waals surface area contributed by atoms with Gasteiger partial charge in [-0.2, -0.15) is 0 Å². The molecule has 3 nitrogen and oxygen atoms in total. The third kappa shape index (κ3) is 4.65. The third-order valence-electron chi connectivity index (χ3n) is 2.98. The van der Waals surface area contributed by atoms with E-state index in [1.807, 2.05) is 38.1 Å². The lowest BCUT2D eigenvalue weighted by Gasteiger charge is -2.17. The van der Waals surface area contributed by atoms with Crippen LogP contribution in [0.3, 0.4) is 0 Å². The minimum Gasteiger partial charge on any atom is -0.497 e. The van der Waals surface area contributed by atoms with Crippen molar-refractivity contribution in [2.75, 3.05) is 13.7 Å². The second-order valence-corrected chi connectivity index (χ2v) is 4.27. The van der Waals surface area contributed by atoms with Crippen molar-refractivity contribution in [2.45, 2.75) is 32.8 Å². The molecule has 1 aromatic rings. The molecular weight excluding hydrogens is 216 g/mol. The number of aliphatic hydroxyl groups excluding tert-OH is 1. The van der Waals surface area contributed by atoms with Crippen LogP contribution in [0.5, 0.6) is 11.5 Å². The second kappa shape index (κ2) is 7.17. The molecule has 1 N–H and O–H groups in total. The Balaban J connectivity index is 2.30. The number of methoxy groups -OCH3 is 1. The third-order valence-corrected chi connectivity index (χ3v) is 2.98. The van der Waals surface area contributed by atoms with Crippen LogP contribution in [0.15, 0.2) is 24.3 Å². The Morgan fingerprint density at radius 1 is 1.18 bits per heavy atom. The molecule has 17 heavy (non-hydrogen) atoms. The summed E-state index contributed by atoms with van der Waals surface area (Å²) >= 11 is 0. The highest BCUT2D eigenvalue weighted by molar-refractivity contribution is 5.31. The Labute approximate surface area is 103 Å². The van der Waals surface area contributed by atoms with Gasteiger partial charge < -0.3 is 14.6 Å². The lowest BCUT2D eigenvalue weighted by atomic mass is 10.00. The zero-order valence-corrected chi connectivity index (χ0v) is 10.8. The average molecular weight is 238 g/mol. The zero-order valence-electron chi connectivity index (χ0n) is 10.8. The first-order valence-corrected chi connectivity index (χ1v) is 6.12. The van der Waals surface area contributed by atoms with Crippen LogP contribution in [0.4, 0.5) is 0 Å². The molecule has 0 fully saturated rings. The largest absolute Gasteiger partial charge is 0.497 e. The maximum Gasteiger partial charge on any atom is 0.119 e. The Kier molecular flexibility index (Phi) is 5.84. The molecule has 0 aliphatic carbocycles. The smallest absolute Gasteiger partial charge is 0.119 e. The van der Waals surface area contributed by atoms with Crippen molar-refractivity contribution in [1.29, 1.82) is 0 Å². The predicted octanol–water partition coefficient (Wildman–Crippen LogP) is 2.87. The van der Waals surface area contributed by atoms with Crippen LogP contribution in [0, 0.1) is 5.92 Å². The standard InChI is InChI=1S/C14H22O3/c1-4-14(15)11(2)9-10-17-13-7-5-12(16-3)6-8-13/h5-8,11,14-15H,4,9-10H2,1-3H3. The van der Waals surface area contributed by atoms with E-state index in [-0.39, 0.29) is 12.0 Å². The molecule has 0 heterocycles. The van der Waals surface area contributed by atoms with E-state index in [0.29, 0.717) is 6.61 Å². The van der Waals surface area contributed by atoms with E-state index in [1.54, 1.807) is 7.11 Å². The normalized spacial score (nSPS) is 14.1. The molecule has 0 aliphatic heterocycles. The first-order valence-electron chi connectivity index (χ1n) is 6.12. The summed E-state index contributed by atoms with van der Waals surface area (Å²) in [5.74, 6) is 1.94. The summed E-state index contributed by atoms with van der Waals surface area (Å²) < 4.78 is 10.7. The first kappa shape index (κ1) is 13.8. The summed E-state index contributed by atoms with van der Waals surface area (Å²) in [6.07, 6.45) is 1.43. The molecule has 1 rings (SSSR count). The van der Waals surface area contributed by atoms with Gasteiger partial charge in [-0.15, -0.1) is 0 Å². The molecule has 0 saturated carbocycles. The number of benzene rings is 1. The van der Waals surface area contributed by atoms with Gasteiger partial charge in [0, 0.05) is 0 Å². The van der Waals surface area contributed by atoms with Crippen LogP contribution < -0.4 is 9.47 Å². The molecule has 0 bridgehead atoms. The van der Waals surface area contributed by atoms with Gasteiger partial charge in [0.15, 0.2) is 0 Å². The Hall–Kier alpha value is -1.22. The Bertz CT molecular complexity index is 308. The van der Waals surface area contributed by atoms with Crippen LogP contribution in [0.25, 0.3) is 0 Å². The van der Waals surface area contributed by atoms with Crippen molar-refractivity contribution in [1.82, 2.24) is 0 Å². The molecular formula is C14H22O3. The molecule has 0 amide bonds. The van der Waals surface area contributed by atoms with Crippen LogP contribution in [0.1, 0.15) is 26.7 Å². The van der Waals surface area contributed by atoms with Gasteiger partial charge in [0.05, 0.1) is 19.8 Å². The number of hydrogen-bond donors (Lipinski definition) is 1. The fourth-order valence-corrected chi connectivity index (χ4v) is 1.63. The van der Waals surface area contributed by atoms with Gasteiger partial charge >= 0.3 is 0 Å². The highest BCUT2D eigenvalue weighted by Gasteiger charge is 2.11. The van der Waals surface area contributed by atoms with Crippen molar-refractivity contribution in [3.8, 4) is 11.5 Å². The molecule has 0 spiro atoms. The van der Waals surface area contributed by atoms with E-state index in [1.165, 1.54) is 0 Å². The van der Waals surface area contributed by atoms with E-state index in [0.717, 1.165) is 24.3 Å². The summed E-state index contributed by atoms with van der Waals surface area (Å²) in [5, 5.41) is 9.62. The Morgan fingerprint density at radius 2 is 1.76 bits per heavy atom. The summed E-state index contributed by atoms with van der Waals surface area (Å²) in [4.78, 5) is 0. The maximum atomic E-state index is 9.62. The average Bonchev–Trinajstić information content (AvgIpc) is 2.38. The highest BCUT2D eigenvalue weighted by Crippen LogP contribution is 2.18. The minimum absolute atomic E-state index is 0.227. The lowest BCUT2D eigenvalue weighted by molar-refractivity contribution is 0.0981. The van der Waals surface area contributed by atoms with E-state index < -0.39 is 0 Å². The van der Waals surface area contributed by atoms with Gasteiger partial charge in [-0.3, -0.25) is 0 Å². The van der Waals surface area contributed by atoms with E-state index in [9.17, 15) is 5.11 Å². The second-order valence-electron chi connectivity index (χ2n) is 4.27. The van der Waals surface area contributed by atoms with Gasteiger partial charge in [0.2, 0.25) is 0 Å². The summed E-state index contributed by atoms with van der Waals surface area (Å²) in [7, 11) is 1.64. The molecule has 0 aromatic heterocycles. The Morgan fingerprint density at radius 3 is 2.29 bits per heavy atom. The van der Waals surface area contributed by atoms with E-state index >= 15 is 0 Å². The summed E-state index contributed by atoms with van der Waals surface area (Å²) in [6.45, 7) is 4.67. The molecule has 96 valence electrons. The van der Waals surface area contributed by atoms with Gasteiger partial charge in [0.1, 0.15) is 11.5 Å². The van der Waals surface area contributed by atoms with Crippen LogP contribution >= 0.6 is 0 Å². The van der Waals surface area contributed by atoms with Crippen molar-refractivity contribution >= 4 is 0 Å². The van der Waals surface area contributed by atoms with Gasteiger partial charge in [0.25, 0.3) is 0 Å². The molecule has 0 aliphatic rings. The van der Waals surface area contributed by atoms with E-state index in [2.05, 4.69) is 0 Å². The molecule has 2 unspecified atom stereocenters. The van der Waals surface area contributed by atoms with Crippen molar-refractivity contribution < 1.29 is 14.6 Å². The highest BCUT2D eigenvalue weighted by atomic mass is 16.5. The van der Waals surface area contributed by atoms with Gasteiger partial charge in [-0.25, -0.2) is 0 Å². The lowest BCUT2D eigenvalue weighted by Crippen LogP contribution is -2.18. The van der Waals surface area contributed by atoms with Crippen molar-refractivity contribution in [3.05, 3.63) is 24.3 Å². The monoisotopic (exact) mass is 238 g/mol. The quantitative estimate of drug-likeness (QED) is 0.794. The number of rotatable bonds is 7. The molecule has 1 aromatic carbocycles. The molecule has 0 saturated heterocycles. The topological polar surface area (TPSA) is 38.7 Å². The first-order chi connectivity index (χ1) is 8.17. The molecule has 2 atom stereocenters. The van der Waals surface area contributed by atoms with Crippen LogP contribution in [0.2, 0.25) is 0 Å². The van der Waals surface area contributed by atoms with Crippen molar-refractivity contribution in [3.63, 3.8) is 0 Å². The van der Waals surface area contributed by atoms with Crippen LogP contribution in [-0.4, -0.2) is 24.9 Å². The summed E-state index contributed by atoms with van der Waals surface area (Å²) in [6, 6.07) is 7.53. The zero-order chi connectivity index (χ0) is 12.7. The fourth-order valence-electron chi connectivity index (χ4n) is 1.63. The van der Waals surface area contributed by atoms with Crippen LogP contribution in [-0.2, 0) is 0 Å². The summed E-state index contributed by atoms with van der Waals surface area (Å²) in [5.41, 5.74) is 0. The molecule has 3 heteroatoms. The number of hydrogen-bond acceptors (Lipinski definition) is 3. The molecule has 0 radical (unpaired) electrons. The number of aliphatic hydroxyl groups is 1. The predicted molar refractivity (Wildman–Crippen MR) is 68.6 cm³/mol. The maximum absolute atomic E-state index is 9.62. The van der Waals surface area contributed by atoms with Gasteiger partial charge in [-0.05, 0) is 43.0 Å².